The van der Waals surface area contributed by atoms with Crippen LogP contribution in [0.3, 0.4) is 0 Å². The third kappa shape index (κ3) is 2.82. The normalized spacial score (nSPS) is 22.9. The highest BCUT2D eigenvalue weighted by Gasteiger charge is 2.46. The maximum Gasteiger partial charge on any atom is 0.237 e. The number of para-hydroxylation sites is 2. The van der Waals surface area contributed by atoms with Crippen molar-refractivity contribution in [2.45, 2.75) is 38.5 Å². The molecule has 2 aromatic rings. The molecule has 0 fully saturated rings. The summed E-state index contributed by atoms with van der Waals surface area (Å²) in [4.78, 5) is 28.1. The lowest BCUT2D eigenvalue weighted by molar-refractivity contribution is -0.401. The molecule has 172 valence electrons. The van der Waals surface area contributed by atoms with Crippen LogP contribution in [0.5, 0.6) is 0 Å². The number of allylic oxidation sites excluding steroid dienone is 5. The first-order valence-corrected chi connectivity index (χ1v) is 11.5. The number of aliphatic hydroxyl groups excluding tert-OH is 1. The first-order valence-electron chi connectivity index (χ1n) is 11.5. The second-order valence-corrected chi connectivity index (χ2v) is 10.3. The molecule has 0 amide bonds. The van der Waals surface area contributed by atoms with E-state index in [1.165, 1.54) is 0 Å². The number of hydrogen-bond acceptors (Lipinski definition) is 4. The lowest BCUT2D eigenvalue weighted by Gasteiger charge is -2.24. The minimum absolute atomic E-state index is 0.0514. The number of carbonyl (C=O) groups is 2. The molecule has 2 heterocycles. The van der Waals surface area contributed by atoms with Crippen LogP contribution in [0, 0.1) is 0 Å². The van der Waals surface area contributed by atoms with E-state index in [-0.39, 0.29) is 27.7 Å². The minimum Gasteiger partial charge on any atom is -0.506 e. The van der Waals surface area contributed by atoms with Gasteiger partial charge in [0.05, 0.1) is 16.6 Å². The average molecular weight is 454 g/mol. The van der Waals surface area contributed by atoms with Gasteiger partial charge in [-0.3, -0.25) is 9.59 Å². The molecule has 0 atom stereocenters. The van der Waals surface area contributed by atoms with Crippen molar-refractivity contribution < 1.29 is 19.3 Å². The van der Waals surface area contributed by atoms with Crippen LogP contribution in [0.25, 0.3) is 0 Å². The van der Waals surface area contributed by atoms with Crippen LogP contribution in [-0.2, 0) is 20.4 Å². The Labute approximate surface area is 200 Å². The van der Waals surface area contributed by atoms with Crippen molar-refractivity contribution >= 4 is 28.7 Å². The first kappa shape index (κ1) is 22.1. The van der Waals surface area contributed by atoms with Crippen LogP contribution in [0.2, 0.25) is 0 Å². The molecule has 0 radical (unpaired) electrons. The summed E-state index contributed by atoms with van der Waals surface area (Å²) in [6.07, 6.45) is 3.36. The number of hydrogen-bond donors (Lipinski definition) is 1. The summed E-state index contributed by atoms with van der Waals surface area (Å²) < 4.78 is 2.02. The summed E-state index contributed by atoms with van der Waals surface area (Å²) >= 11 is 0. The number of ketones is 2. The molecule has 2 aromatic carbocycles. The number of likely N-dealkylation sites (N-methyl/N-ethyl adjacent to an activating group) is 1. The van der Waals surface area contributed by atoms with Gasteiger partial charge in [-0.25, -0.2) is 0 Å². The summed E-state index contributed by atoms with van der Waals surface area (Å²) in [5.41, 5.74) is 5.44. The van der Waals surface area contributed by atoms with Gasteiger partial charge in [0.2, 0.25) is 17.3 Å². The quantitative estimate of drug-likeness (QED) is 0.399. The van der Waals surface area contributed by atoms with Crippen molar-refractivity contribution in [2.75, 3.05) is 19.0 Å². The molecule has 0 aromatic heterocycles. The Bertz CT molecular complexity index is 1420. The first-order chi connectivity index (χ1) is 16.0. The van der Waals surface area contributed by atoms with Crippen molar-refractivity contribution in [1.82, 2.24) is 0 Å². The molecule has 2 aliphatic heterocycles. The summed E-state index contributed by atoms with van der Waals surface area (Å²) in [5, 5.41) is 11.1. The maximum atomic E-state index is 13.0. The zero-order chi connectivity index (χ0) is 24.6. The second-order valence-electron chi connectivity index (χ2n) is 10.3. The van der Waals surface area contributed by atoms with Crippen molar-refractivity contribution in [2.24, 2.45) is 0 Å². The largest absolute Gasteiger partial charge is 0.506 e. The summed E-state index contributed by atoms with van der Waals surface area (Å²) in [5.74, 6) is -1.60. The molecular weight excluding hydrogens is 424 g/mol. The van der Waals surface area contributed by atoms with E-state index in [9.17, 15) is 14.7 Å². The molecule has 0 spiro atoms. The molecular formula is C29H29N2O3+. The van der Waals surface area contributed by atoms with Crippen LogP contribution in [0.15, 0.2) is 83.3 Å². The fourth-order valence-corrected chi connectivity index (χ4v) is 5.66. The Hall–Kier alpha value is -3.73. The third-order valence-corrected chi connectivity index (χ3v) is 7.65. The highest BCUT2D eigenvalue weighted by Crippen LogP contribution is 2.47. The molecule has 1 N–H and O–H groups in total. The molecule has 0 unspecified atom stereocenters. The third-order valence-electron chi connectivity index (χ3n) is 7.65. The molecule has 1 aliphatic carbocycles. The highest BCUT2D eigenvalue weighted by atomic mass is 16.3. The minimum atomic E-state index is -0.673. The van der Waals surface area contributed by atoms with Gasteiger partial charge < -0.3 is 10.0 Å². The Balaban J connectivity index is 1.63. The second kappa shape index (κ2) is 7.13. The van der Waals surface area contributed by atoms with Gasteiger partial charge in [-0.2, -0.15) is 4.58 Å². The number of aliphatic hydroxyl groups is 1. The number of carbonyl (C=O) groups excluding carboxylic acids is 2. The van der Waals surface area contributed by atoms with Crippen LogP contribution < -0.4 is 4.90 Å². The van der Waals surface area contributed by atoms with Crippen molar-refractivity contribution in [3.63, 3.8) is 0 Å². The topological polar surface area (TPSA) is 60.6 Å². The van der Waals surface area contributed by atoms with E-state index in [0.29, 0.717) is 0 Å². The fraction of sp³-hybridized carbons (Fsp3) is 0.276. The molecule has 5 rings (SSSR count). The van der Waals surface area contributed by atoms with Crippen molar-refractivity contribution in [1.29, 1.82) is 0 Å². The lowest BCUT2D eigenvalue weighted by atomic mass is 9.81. The summed E-state index contributed by atoms with van der Waals surface area (Å²) in [6.45, 7) is 8.33. The number of rotatable bonds is 2. The van der Waals surface area contributed by atoms with E-state index in [1.54, 1.807) is 12.2 Å². The molecule has 5 heteroatoms. The van der Waals surface area contributed by atoms with E-state index in [1.807, 2.05) is 60.0 Å². The Kier molecular flexibility index (Phi) is 4.63. The van der Waals surface area contributed by atoms with E-state index in [2.05, 4.69) is 39.8 Å². The number of Topliss-reactive ketones (excluding diaryl/α,β-unsaturated/α-hetero) is 2. The Morgan fingerprint density at radius 2 is 1.47 bits per heavy atom. The monoisotopic (exact) mass is 453 g/mol. The number of anilines is 1. The summed E-state index contributed by atoms with van der Waals surface area (Å²) in [7, 11) is 3.89. The van der Waals surface area contributed by atoms with E-state index >= 15 is 0 Å². The number of benzene rings is 2. The van der Waals surface area contributed by atoms with Gasteiger partial charge >= 0.3 is 0 Å². The predicted octanol–water partition coefficient (Wildman–Crippen LogP) is 4.89. The van der Waals surface area contributed by atoms with Gasteiger partial charge in [0.15, 0.2) is 5.71 Å². The molecule has 0 saturated heterocycles. The van der Waals surface area contributed by atoms with Gasteiger partial charge in [0, 0.05) is 41.6 Å². The molecule has 34 heavy (non-hydrogen) atoms. The zero-order valence-corrected chi connectivity index (χ0v) is 20.4. The van der Waals surface area contributed by atoms with Crippen molar-refractivity contribution in [3.05, 3.63) is 94.4 Å². The number of fused-ring (bicyclic) bond motifs is 2. The molecule has 0 bridgehead atoms. The van der Waals surface area contributed by atoms with E-state index < -0.39 is 11.6 Å². The molecule has 0 saturated carbocycles. The van der Waals surface area contributed by atoms with Crippen molar-refractivity contribution in [3.8, 4) is 0 Å². The SMILES string of the molecule is CN1/C(=C/C2=C(O)C(=C/C3=[N+](C)c4ccccc4C3(C)C)/C(=O)C2=O)C(C)(C)c2ccccc21. The Morgan fingerprint density at radius 1 is 0.853 bits per heavy atom. The van der Waals surface area contributed by atoms with Crippen LogP contribution in [-0.4, -0.2) is 41.1 Å². The molecule has 5 nitrogen and oxygen atoms in total. The van der Waals surface area contributed by atoms with E-state index in [4.69, 9.17) is 0 Å². The smallest absolute Gasteiger partial charge is 0.237 e. The van der Waals surface area contributed by atoms with Crippen LogP contribution in [0.4, 0.5) is 11.4 Å². The van der Waals surface area contributed by atoms with Gasteiger partial charge in [-0.1, -0.05) is 50.2 Å². The van der Waals surface area contributed by atoms with Gasteiger partial charge in [0.1, 0.15) is 12.8 Å². The lowest BCUT2D eigenvalue weighted by Crippen LogP contribution is -2.27. The predicted molar refractivity (Wildman–Crippen MR) is 134 cm³/mol. The highest BCUT2D eigenvalue weighted by molar-refractivity contribution is 6.54. The van der Waals surface area contributed by atoms with Crippen LogP contribution in [0.1, 0.15) is 38.8 Å². The van der Waals surface area contributed by atoms with E-state index in [0.717, 1.165) is 33.9 Å². The number of nitrogens with zero attached hydrogens (tertiary/aromatic N) is 2. The maximum absolute atomic E-state index is 13.0. The van der Waals surface area contributed by atoms with Gasteiger partial charge in [-0.15, -0.1) is 0 Å². The Morgan fingerprint density at radius 3 is 2.12 bits per heavy atom. The van der Waals surface area contributed by atoms with Crippen LogP contribution >= 0.6 is 0 Å². The van der Waals surface area contributed by atoms with Gasteiger partial charge in [0.25, 0.3) is 0 Å². The molecule has 3 aliphatic rings. The standard InChI is InChI=1S/C29H28N2O3/c1-28(2)19-11-7-9-13-21(19)30(5)23(28)15-17-25(32)18(27(34)26(17)33)16-24-29(3,4)20-12-8-10-14-22(20)31(24)6/h7-16H,1-6H3/p+1. The van der Waals surface area contributed by atoms with Gasteiger partial charge in [-0.05, 0) is 31.6 Å². The zero-order valence-electron chi connectivity index (χ0n) is 20.4. The summed E-state index contributed by atoms with van der Waals surface area (Å²) in [6, 6.07) is 16.1. The fourth-order valence-electron chi connectivity index (χ4n) is 5.66. The average Bonchev–Trinajstić information content (AvgIpc) is 3.22.